The maximum atomic E-state index is 12.1. The second-order valence-corrected chi connectivity index (χ2v) is 6.23. The Morgan fingerprint density at radius 3 is 2.39 bits per heavy atom. The van der Waals surface area contributed by atoms with E-state index in [1.54, 1.807) is 24.3 Å². The SMILES string of the molecule is CCCCC(C)NS(=O)(=O)c1ccc(CN)cc1. The molecule has 0 amide bonds. The highest BCUT2D eigenvalue weighted by Crippen LogP contribution is 2.12. The van der Waals surface area contributed by atoms with Gasteiger partial charge in [-0.1, -0.05) is 31.9 Å². The molecule has 0 aliphatic heterocycles. The van der Waals surface area contributed by atoms with Gasteiger partial charge in [-0.2, -0.15) is 0 Å². The third kappa shape index (κ3) is 4.40. The molecule has 0 aromatic heterocycles. The number of nitrogens with two attached hydrogens (primary N) is 1. The van der Waals surface area contributed by atoms with Gasteiger partial charge in [-0.05, 0) is 31.0 Å². The largest absolute Gasteiger partial charge is 0.326 e. The molecule has 1 aromatic carbocycles. The molecule has 0 saturated heterocycles. The molecule has 5 heteroatoms. The Kier molecular flexibility index (Phi) is 5.78. The van der Waals surface area contributed by atoms with Crippen LogP contribution in [-0.4, -0.2) is 14.5 Å². The van der Waals surface area contributed by atoms with Crippen LogP contribution in [0.25, 0.3) is 0 Å². The molecule has 0 spiro atoms. The van der Waals surface area contributed by atoms with Crippen LogP contribution in [0.4, 0.5) is 0 Å². The summed E-state index contributed by atoms with van der Waals surface area (Å²) in [6.45, 7) is 4.40. The number of benzene rings is 1. The van der Waals surface area contributed by atoms with Gasteiger partial charge in [0.05, 0.1) is 4.90 Å². The quantitative estimate of drug-likeness (QED) is 0.796. The fraction of sp³-hybridized carbons (Fsp3) is 0.538. The predicted octanol–water partition coefficient (Wildman–Crippen LogP) is 2.00. The lowest BCUT2D eigenvalue weighted by Gasteiger charge is -2.14. The second-order valence-electron chi connectivity index (χ2n) is 4.51. The first kappa shape index (κ1) is 15.1. The van der Waals surface area contributed by atoms with Crippen LogP contribution in [0.3, 0.4) is 0 Å². The second kappa shape index (κ2) is 6.87. The highest BCUT2D eigenvalue weighted by Gasteiger charge is 2.16. The minimum atomic E-state index is -3.41. The normalized spacial score (nSPS) is 13.5. The summed E-state index contributed by atoms with van der Waals surface area (Å²) in [5, 5.41) is 0. The molecule has 18 heavy (non-hydrogen) atoms. The van der Waals surface area contributed by atoms with Crippen molar-refractivity contribution in [1.29, 1.82) is 0 Å². The van der Waals surface area contributed by atoms with Gasteiger partial charge >= 0.3 is 0 Å². The van der Waals surface area contributed by atoms with E-state index in [1.165, 1.54) is 0 Å². The maximum Gasteiger partial charge on any atom is 0.240 e. The van der Waals surface area contributed by atoms with Crippen molar-refractivity contribution in [3.63, 3.8) is 0 Å². The van der Waals surface area contributed by atoms with Crippen molar-refractivity contribution in [3.8, 4) is 0 Å². The van der Waals surface area contributed by atoms with Gasteiger partial charge in [0.25, 0.3) is 0 Å². The molecule has 0 aliphatic rings. The van der Waals surface area contributed by atoms with Crippen LogP contribution < -0.4 is 10.5 Å². The standard InChI is InChI=1S/C13H22N2O2S/c1-3-4-5-11(2)15-18(16,17)13-8-6-12(10-14)7-9-13/h6-9,11,15H,3-5,10,14H2,1-2H3. The van der Waals surface area contributed by atoms with Gasteiger partial charge in [0.15, 0.2) is 0 Å². The van der Waals surface area contributed by atoms with E-state index in [-0.39, 0.29) is 6.04 Å². The molecule has 0 radical (unpaired) electrons. The third-order valence-electron chi connectivity index (χ3n) is 2.82. The summed E-state index contributed by atoms with van der Waals surface area (Å²) >= 11 is 0. The highest BCUT2D eigenvalue weighted by molar-refractivity contribution is 7.89. The van der Waals surface area contributed by atoms with Gasteiger partial charge in [-0.15, -0.1) is 0 Å². The molecular weight excluding hydrogens is 248 g/mol. The fourth-order valence-electron chi connectivity index (χ4n) is 1.71. The Morgan fingerprint density at radius 1 is 1.28 bits per heavy atom. The zero-order valence-corrected chi connectivity index (χ0v) is 11.8. The summed E-state index contributed by atoms with van der Waals surface area (Å²) in [6, 6.07) is 6.63. The molecule has 1 rings (SSSR count). The Bertz CT molecular complexity index is 454. The van der Waals surface area contributed by atoms with Crippen molar-refractivity contribution in [2.75, 3.05) is 0 Å². The van der Waals surface area contributed by atoms with Crippen molar-refractivity contribution in [1.82, 2.24) is 4.72 Å². The van der Waals surface area contributed by atoms with Crippen LogP contribution in [0, 0.1) is 0 Å². The van der Waals surface area contributed by atoms with Gasteiger partial charge in [-0.3, -0.25) is 0 Å². The van der Waals surface area contributed by atoms with Crippen LogP contribution in [0.1, 0.15) is 38.7 Å². The minimum absolute atomic E-state index is 0.0378. The molecule has 0 fully saturated rings. The lowest BCUT2D eigenvalue weighted by Crippen LogP contribution is -2.32. The van der Waals surface area contributed by atoms with Crippen molar-refractivity contribution >= 4 is 10.0 Å². The van der Waals surface area contributed by atoms with E-state index in [1.807, 2.05) is 6.92 Å². The molecular formula is C13H22N2O2S. The average Bonchev–Trinajstić information content (AvgIpc) is 2.36. The van der Waals surface area contributed by atoms with Gasteiger partial charge in [0.2, 0.25) is 10.0 Å². The highest BCUT2D eigenvalue weighted by atomic mass is 32.2. The first-order valence-corrected chi connectivity index (χ1v) is 7.79. The van der Waals surface area contributed by atoms with E-state index in [0.717, 1.165) is 24.8 Å². The zero-order chi connectivity index (χ0) is 13.6. The lowest BCUT2D eigenvalue weighted by molar-refractivity contribution is 0.534. The molecule has 4 nitrogen and oxygen atoms in total. The Hall–Kier alpha value is -0.910. The topological polar surface area (TPSA) is 72.2 Å². The van der Waals surface area contributed by atoms with Crippen LogP contribution in [-0.2, 0) is 16.6 Å². The summed E-state index contributed by atoms with van der Waals surface area (Å²) in [5.74, 6) is 0. The Labute approximate surface area is 110 Å². The third-order valence-corrected chi connectivity index (χ3v) is 4.42. The molecule has 1 atom stereocenters. The minimum Gasteiger partial charge on any atom is -0.326 e. The average molecular weight is 270 g/mol. The van der Waals surface area contributed by atoms with E-state index in [4.69, 9.17) is 5.73 Å². The predicted molar refractivity (Wildman–Crippen MR) is 73.6 cm³/mol. The van der Waals surface area contributed by atoms with E-state index in [0.29, 0.717) is 11.4 Å². The summed E-state index contributed by atoms with van der Waals surface area (Å²) in [5.41, 5.74) is 6.40. The van der Waals surface area contributed by atoms with Crippen molar-refractivity contribution in [3.05, 3.63) is 29.8 Å². The summed E-state index contributed by atoms with van der Waals surface area (Å²) in [7, 11) is -3.41. The fourth-order valence-corrected chi connectivity index (χ4v) is 2.98. The van der Waals surface area contributed by atoms with Gasteiger partial charge in [0, 0.05) is 12.6 Å². The molecule has 1 unspecified atom stereocenters. The van der Waals surface area contributed by atoms with Crippen molar-refractivity contribution < 1.29 is 8.42 Å². The zero-order valence-electron chi connectivity index (χ0n) is 11.0. The van der Waals surface area contributed by atoms with Crippen molar-refractivity contribution in [2.24, 2.45) is 5.73 Å². The summed E-state index contributed by atoms with van der Waals surface area (Å²) in [6.07, 6.45) is 2.95. The molecule has 0 aliphatic carbocycles. The number of rotatable bonds is 7. The monoisotopic (exact) mass is 270 g/mol. The van der Waals surface area contributed by atoms with Crippen LogP contribution >= 0.6 is 0 Å². The molecule has 102 valence electrons. The number of unbranched alkanes of at least 4 members (excludes halogenated alkanes) is 1. The van der Waals surface area contributed by atoms with Crippen LogP contribution in [0.5, 0.6) is 0 Å². The number of hydrogen-bond donors (Lipinski definition) is 2. The lowest BCUT2D eigenvalue weighted by atomic mass is 10.2. The summed E-state index contributed by atoms with van der Waals surface area (Å²) in [4.78, 5) is 0.294. The smallest absolute Gasteiger partial charge is 0.240 e. The number of hydrogen-bond acceptors (Lipinski definition) is 3. The molecule has 0 saturated carbocycles. The van der Waals surface area contributed by atoms with Gasteiger partial charge in [0.1, 0.15) is 0 Å². The Morgan fingerprint density at radius 2 is 1.89 bits per heavy atom. The molecule has 0 bridgehead atoms. The first-order valence-electron chi connectivity index (χ1n) is 6.31. The maximum absolute atomic E-state index is 12.1. The van der Waals surface area contributed by atoms with E-state index >= 15 is 0 Å². The summed E-state index contributed by atoms with van der Waals surface area (Å²) < 4.78 is 26.8. The Balaban J connectivity index is 2.73. The van der Waals surface area contributed by atoms with Crippen LogP contribution in [0.15, 0.2) is 29.2 Å². The molecule has 1 aromatic rings. The van der Waals surface area contributed by atoms with E-state index in [9.17, 15) is 8.42 Å². The van der Waals surface area contributed by atoms with E-state index in [2.05, 4.69) is 11.6 Å². The molecule has 3 N–H and O–H groups in total. The number of nitrogens with one attached hydrogen (secondary N) is 1. The molecule has 0 heterocycles. The number of sulfonamides is 1. The first-order chi connectivity index (χ1) is 8.49. The van der Waals surface area contributed by atoms with Gasteiger partial charge < -0.3 is 5.73 Å². The van der Waals surface area contributed by atoms with E-state index < -0.39 is 10.0 Å². The van der Waals surface area contributed by atoms with Gasteiger partial charge in [-0.25, -0.2) is 13.1 Å². The van der Waals surface area contributed by atoms with Crippen molar-refractivity contribution in [2.45, 2.75) is 50.6 Å². The van der Waals surface area contributed by atoms with Crippen LogP contribution in [0.2, 0.25) is 0 Å².